The van der Waals surface area contributed by atoms with Crippen LogP contribution in [0.25, 0.3) is 0 Å². The van der Waals surface area contributed by atoms with Crippen LogP contribution in [0.3, 0.4) is 0 Å². The van der Waals surface area contributed by atoms with Gasteiger partial charge in [0.2, 0.25) is 0 Å². The van der Waals surface area contributed by atoms with E-state index in [9.17, 15) is 4.79 Å². The topological polar surface area (TPSA) is 59.2 Å². The van der Waals surface area contributed by atoms with Crippen molar-refractivity contribution in [1.29, 1.82) is 0 Å². The zero-order chi connectivity index (χ0) is 11.8. The molecule has 4 heteroatoms. The smallest absolute Gasteiger partial charge is 0.253 e. The van der Waals surface area contributed by atoms with Crippen molar-refractivity contribution in [2.75, 3.05) is 19.6 Å². The van der Waals surface area contributed by atoms with Gasteiger partial charge in [0.25, 0.3) is 5.91 Å². The van der Waals surface area contributed by atoms with Crippen LogP contribution >= 0.6 is 0 Å². The molecule has 0 radical (unpaired) electrons. The van der Waals surface area contributed by atoms with Crippen LogP contribution in [0.2, 0.25) is 0 Å². The lowest BCUT2D eigenvalue weighted by Crippen LogP contribution is -2.32. The van der Waals surface area contributed by atoms with Gasteiger partial charge in [-0.2, -0.15) is 0 Å². The second kappa shape index (κ2) is 6.95. The van der Waals surface area contributed by atoms with E-state index >= 15 is 0 Å². The zero-order valence-electron chi connectivity index (χ0n) is 9.72. The second-order valence-corrected chi connectivity index (χ2v) is 3.62. The minimum atomic E-state index is 0.0712. The lowest BCUT2D eigenvalue weighted by atomic mass is 10.2. The Labute approximate surface area is 96.5 Å². The van der Waals surface area contributed by atoms with Gasteiger partial charge in [0.1, 0.15) is 0 Å². The van der Waals surface area contributed by atoms with E-state index in [1.807, 2.05) is 11.8 Å². The molecule has 0 saturated heterocycles. The molecule has 16 heavy (non-hydrogen) atoms. The van der Waals surface area contributed by atoms with Crippen molar-refractivity contribution in [2.24, 2.45) is 5.73 Å². The molecular formula is C12H19N3O. The molecule has 0 saturated carbocycles. The number of nitrogens with two attached hydrogens (primary N) is 1. The third kappa shape index (κ3) is 3.62. The third-order valence-corrected chi connectivity index (χ3v) is 2.48. The van der Waals surface area contributed by atoms with Crippen molar-refractivity contribution in [2.45, 2.75) is 19.8 Å². The van der Waals surface area contributed by atoms with Crippen LogP contribution in [0, 0.1) is 0 Å². The Morgan fingerprint density at radius 3 is 2.62 bits per heavy atom. The summed E-state index contributed by atoms with van der Waals surface area (Å²) in [4.78, 5) is 17.8. The lowest BCUT2D eigenvalue weighted by molar-refractivity contribution is 0.0762. The first-order chi connectivity index (χ1) is 7.79. The largest absolute Gasteiger partial charge is 0.339 e. The predicted molar refractivity (Wildman–Crippen MR) is 64.1 cm³/mol. The van der Waals surface area contributed by atoms with Crippen molar-refractivity contribution in [3.8, 4) is 0 Å². The highest BCUT2D eigenvalue weighted by molar-refractivity contribution is 5.94. The van der Waals surface area contributed by atoms with E-state index in [-0.39, 0.29) is 5.91 Å². The molecule has 0 atom stereocenters. The Balaban J connectivity index is 2.56. The van der Waals surface area contributed by atoms with Gasteiger partial charge in [-0.3, -0.25) is 9.78 Å². The fourth-order valence-electron chi connectivity index (χ4n) is 1.53. The molecule has 1 aromatic heterocycles. The highest BCUT2D eigenvalue weighted by atomic mass is 16.2. The average molecular weight is 221 g/mol. The predicted octanol–water partition coefficient (Wildman–Crippen LogP) is 1.28. The van der Waals surface area contributed by atoms with Crippen molar-refractivity contribution >= 4 is 5.91 Å². The molecule has 0 spiro atoms. The summed E-state index contributed by atoms with van der Waals surface area (Å²) in [7, 11) is 0. The number of pyridine rings is 1. The molecule has 0 bridgehead atoms. The van der Waals surface area contributed by atoms with E-state index in [2.05, 4.69) is 4.98 Å². The van der Waals surface area contributed by atoms with E-state index in [0.717, 1.165) is 25.9 Å². The van der Waals surface area contributed by atoms with E-state index in [4.69, 9.17) is 5.73 Å². The highest BCUT2D eigenvalue weighted by Crippen LogP contribution is 2.04. The fourth-order valence-corrected chi connectivity index (χ4v) is 1.53. The first-order valence-corrected chi connectivity index (χ1v) is 5.69. The molecule has 0 aliphatic heterocycles. The molecule has 4 nitrogen and oxygen atoms in total. The molecule has 0 fully saturated rings. The second-order valence-electron chi connectivity index (χ2n) is 3.62. The zero-order valence-corrected chi connectivity index (χ0v) is 9.72. The summed E-state index contributed by atoms with van der Waals surface area (Å²) < 4.78 is 0. The molecule has 1 aromatic rings. The maximum Gasteiger partial charge on any atom is 0.253 e. The minimum Gasteiger partial charge on any atom is -0.339 e. The summed E-state index contributed by atoms with van der Waals surface area (Å²) in [5.41, 5.74) is 6.13. The molecule has 1 heterocycles. The van der Waals surface area contributed by atoms with Crippen LogP contribution < -0.4 is 5.73 Å². The van der Waals surface area contributed by atoms with Gasteiger partial charge in [-0.15, -0.1) is 0 Å². The van der Waals surface area contributed by atoms with Gasteiger partial charge >= 0.3 is 0 Å². The summed E-state index contributed by atoms with van der Waals surface area (Å²) in [6.07, 6.45) is 5.20. The van der Waals surface area contributed by atoms with Crippen molar-refractivity contribution < 1.29 is 4.79 Å². The quantitative estimate of drug-likeness (QED) is 0.736. The van der Waals surface area contributed by atoms with E-state index in [1.54, 1.807) is 24.5 Å². The SMILES string of the molecule is CCN(CCCCN)C(=O)c1ccncc1. The molecule has 0 aliphatic rings. The molecule has 1 amide bonds. The van der Waals surface area contributed by atoms with Crippen LogP contribution in [-0.4, -0.2) is 35.4 Å². The number of carbonyl (C=O) groups excluding carboxylic acids is 1. The number of hydrogen-bond acceptors (Lipinski definition) is 3. The van der Waals surface area contributed by atoms with Crippen molar-refractivity contribution in [1.82, 2.24) is 9.88 Å². The Kier molecular flexibility index (Phi) is 5.50. The van der Waals surface area contributed by atoms with Crippen molar-refractivity contribution in [3.05, 3.63) is 30.1 Å². The summed E-state index contributed by atoms with van der Waals surface area (Å²) >= 11 is 0. The van der Waals surface area contributed by atoms with Gasteiger partial charge in [-0.25, -0.2) is 0 Å². The molecular weight excluding hydrogens is 202 g/mol. The van der Waals surface area contributed by atoms with E-state index in [1.165, 1.54) is 0 Å². The number of aromatic nitrogens is 1. The van der Waals surface area contributed by atoms with E-state index < -0.39 is 0 Å². The van der Waals surface area contributed by atoms with Crippen LogP contribution in [0.1, 0.15) is 30.1 Å². The van der Waals surface area contributed by atoms with Gasteiger partial charge in [0.15, 0.2) is 0 Å². The van der Waals surface area contributed by atoms with Crippen LogP contribution in [0.4, 0.5) is 0 Å². The van der Waals surface area contributed by atoms with Crippen LogP contribution in [0.15, 0.2) is 24.5 Å². The lowest BCUT2D eigenvalue weighted by Gasteiger charge is -2.20. The van der Waals surface area contributed by atoms with Crippen LogP contribution in [0.5, 0.6) is 0 Å². The number of hydrogen-bond donors (Lipinski definition) is 1. The van der Waals surface area contributed by atoms with Crippen LogP contribution in [-0.2, 0) is 0 Å². The molecule has 88 valence electrons. The first kappa shape index (κ1) is 12.6. The summed E-state index contributed by atoms with van der Waals surface area (Å²) in [5, 5.41) is 0. The normalized spacial score (nSPS) is 10.1. The maximum absolute atomic E-state index is 12.0. The Bertz CT molecular complexity index is 313. The molecule has 0 aromatic carbocycles. The van der Waals surface area contributed by atoms with Gasteiger partial charge in [0.05, 0.1) is 0 Å². The Morgan fingerprint density at radius 1 is 1.38 bits per heavy atom. The molecule has 1 rings (SSSR count). The summed E-state index contributed by atoms with van der Waals surface area (Å²) in [6, 6.07) is 3.49. The first-order valence-electron chi connectivity index (χ1n) is 5.69. The maximum atomic E-state index is 12.0. The standard InChI is InChI=1S/C12H19N3O/c1-2-15(10-4-3-7-13)12(16)11-5-8-14-9-6-11/h5-6,8-9H,2-4,7,10,13H2,1H3. The number of amides is 1. The molecule has 0 aliphatic carbocycles. The Hall–Kier alpha value is -1.42. The minimum absolute atomic E-state index is 0.0712. The van der Waals surface area contributed by atoms with Crippen molar-refractivity contribution in [3.63, 3.8) is 0 Å². The van der Waals surface area contributed by atoms with Gasteiger partial charge < -0.3 is 10.6 Å². The van der Waals surface area contributed by atoms with E-state index in [0.29, 0.717) is 12.1 Å². The fraction of sp³-hybridized carbons (Fsp3) is 0.500. The number of carbonyl (C=O) groups is 1. The summed E-state index contributed by atoms with van der Waals surface area (Å²) in [5.74, 6) is 0.0712. The van der Waals surface area contributed by atoms with Gasteiger partial charge in [0, 0.05) is 31.0 Å². The number of unbranched alkanes of at least 4 members (excludes halogenated alkanes) is 1. The highest BCUT2D eigenvalue weighted by Gasteiger charge is 2.12. The average Bonchev–Trinajstić information content (AvgIpc) is 2.35. The molecule has 0 unspecified atom stereocenters. The Morgan fingerprint density at radius 2 is 2.06 bits per heavy atom. The molecule has 2 N–H and O–H groups in total. The number of rotatable bonds is 6. The van der Waals surface area contributed by atoms with Gasteiger partial charge in [-0.1, -0.05) is 0 Å². The third-order valence-electron chi connectivity index (χ3n) is 2.48. The monoisotopic (exact) mass is 221 g/mol. The number of nitrogens with zero attached hydrogens (tertiary/aromatic N) is 2. The van der Waals surface area contributed by atoms with Gasteiger partial charge in [-0.05, 0) is 38.4 Å². The summed E-state index contributed by atoms with van der Waals surface area (Å²) in [6.45, 7) is 4.17.